The van der Waals surface area contributed by atoms with Gasteiger partial charge in [0, 0.05) is 5.56 Å². The number of halogens is 3. The molecule has 0 amide bonds. The molecule has 1 aromatic carbocycles. The van der Waals surface area contributed by atoms with Gasteiger partial charge in [-0.15, -0.1) is 10.2 Å². The number of nitrogens with zero attached hydrogens (tertiary/aromatic N) is 3. The highest BCUT2D eigenvalue weighted by Gasteiger charge is 2.32. The molecule has 2 atom stereocenters. The number of alkyl halides is 3. The van der Waals surface area contributed by atoms with Gasteiger partial charge in [0.1, 0.15) is 11.4 Å². The molecule has 3 rings (SSSR count). The number of nitrogens with one attached hydrogen (secondary N) is 1. The number of phenols is 1. The Morgan fingerprint density at radius 3 is 2.46 bits per heavy atom. The molecule has 1 aromatic heterocycles. The number of aliphatic hydroxyl groups is 1. The summed E-state index contributed by atoms with van der Waals surface area (Å²) in [5, 5.41) is 30.9. The van der Waals surface area contributed by atoms with Crippen LogP contribution >= 0.6 is 0 Å². The highest BCUT2D eigenvalue weighted by Crippen LogP contribution is 2.38. The maximum Gasteiger partial charge on any atom is 0.416 e. The lowest BCUT2D eigenvalue weighted by atomic mass is 9.93. The molecule has 0 saturated heterocycles. The molecule has 3 N–H and O–H groups in total. The predicted molar refractivity (Wildman–Crippen MR) is 88.6 cm³/mol. The second-order valence-electron chi connectivity index (χ2n) is 6.45. The quantitative estimate of drug-likeness (QED) is 0.770. The van der Waals surface area contributed by atoms with Crippen molar-refractivity contribution >= 4 is 5.95 Å². The van der Waals surface area contributed by atoms with Gasteiger partial charge in [0.25, 0.3) is 0 Å². The topological polar surface area (TPSA) is 91.2 Å². The first-order valence-corrected chi connectivity index (χ1v) is 8.31. The molecule has 0 bridgehead atoms. The van der Waals surface area contributed by atoms with Gasteiger partial charge in [-0.05, 0) is 37.5 Å². The first kappa shape index (κ1) is 18.4. The second kappa shape index (κ2) is 7.06. The van der Waals surface area contributed by atoms with E-state index in [1.54, 1.807) is 0 Å². The summed E-state index contributed by atoms with van der Waals surface area (Å²) in [4.78, 5) is 4.11. The first-order valence-electron chi connectivity index (χ1n) is 8.31. The average molecular weight is 368 g/mol. The van der Waals surface area contributed by atoms with Crippen LogP contribution < -0.4 is 5.32 Å². The number of aromatic nitrogens is 3. The van der Waals surface area contributed by atoms with Crippen molar-refractivity contribution in [3.63, 3.8) is 0 Å². The van der Waals surface area contributed by atoms with Crippen LogP contribution in [0.2, 0.25) is 0 Å². The van der Waals surface area contributed by atoms with Crippen LogP contribution in [0.5, 0.6) is 5.75 Å². The normalized spacial score (nSPS) is 20.8. The fourth-order valence-corrected chi connectivity index (χ4v) is 3.17. The minimum atomic E-state index is -4.54. The van der Waals surface area contributed by atoms with Gasteiger partial charge in [0.05, 0.1) is 23.9 Å². The van der Waals surface area contributed by atoms with Crippen molar-refractivity contribution in [1.82, 2.24) is 15.2 Å². The zero-order valence-electron chi connectivity index (χ0n) is 14.1. The third kappa shape index (κ3) is 3.87. The van der Waals surface area contributed by atoms with Gasteiger partial charge in [-0.1, -0.05) is 12.8 Å². The third-order valence-electron chi connectivity index (χ3n) is 4.50. The van der Waals surface area contributed by atoms with E-state index >= 15 is 0 Å². The molecule has 2 unspecified atom stereocenters. The predicted octanol–water partition coefficient (Wildman–Crippen LogP) is 3.29. The van der Waals surface area contributed by atoms with Crippen LogP contribution in [0.25, 0.3) is 11.3 Å². The van der Waals surface area contributed by atoms with E-state index in [2.05, 4.69) is 20.5 Å². The van der Waals surface area contributed by atoms with Crippen molar-refractivity contribution in [2.75, 3.05) is 5.32 Å². The molecule has 6 nitrogen and oxygen atoms in total. The molecule has 9 heteroatoms. The van der Waals surface area contributed by atoms with Crippen molar-refractivity contribution in [2.24, 2.45) is 0 Å². The van der Waals surface area contributed by atoms with Gasteiger partial charge in [0.2, 0.25) is 5.95 Å². The Morgan fingerprint density at radius 2 is 1.88 bits per heavy atom. The van der Waals surface area contributed by atoms with Gasteiger partial charge >= 0.3 is 6.18 Å². The Balaban J connectivity index is 1.82. The van der Waals surface area contributed by atoms with Crippen molar-refractivity contribution in [3.8, 4) is 17.0 Å². The lowest BCUT2D eigenvalue weighted by Crippen LogP contribution is -2.36. The number of aryl methyl sites for hydroxylation is 1. The molecule has 0 aliphatic heterocycles. The van der Waals surface area contributed by atoms with E-state index in [0.717, 1.165) is 25.3 Å². The zero-order chi connectivity index (χ0) is 18.9. The molecule has 1 saturated carbocycles. The molecule has 0 spiro atoms. The van der Waals surface area contributed by atoms with Gasteiger partial charge in [-0.25, -0.2) is 4.98 Å². The standard InChI is InChI=1S/C17H19F3N4O2/c1-9-6-10(17(18,19)20)7-14(26)15(9)12-8-21-16(24-23-12)22-11-4-2-3-5-13(11)25/h6-8,11,13,25-26H,2-5H2,1H3,(H,21,22,24). The number of phenolic OH excluding ortho intramolecular Hbond substituents is 1. The van der Waals surface area contributed by atoms with E-state index in [4.69, 9.17) is 0 Å². The molecule has 1 fully saturated rings. The molecule has 1 heterocycles. The minimum absolute atomic E-state index is 0.155. The summed E-state index contributed by atoms with van der Waals surface area (Å²) in [7, 11) is 0. The highest BCUT2D eigenvalue weighted by atomic mass is 19.4. The van der Waals surface area contributed by atoms with E-state index in [9.17, 15) is 23.4 Å². The van der Waals surface area contributed by atoms with Crippen LogP contribution in [0.4, 0.5) is 19.1 Å². The van der Waals surface area contributed by atoms with Gasteiger partial charge in [0.15, 0.2) is 0 Å². The van der Waals surface area contributed by atoms with Crippen LogP contribution in [0.1, 0.15) is 36.8 Å². The molecule has 140 valence electrons. The molecular weight excluding hydrogens is 349 g/mol. The Bertz CT molecular complexity index is 758. The maximum absolute atomic E-state index is 12.8. The SMILES string of the molecule is Cc1cc(C(F)(F)F)cc(O)c1-c1cnc(NC2CCCCC2O)nn1. The number of hydrogen-bond acceptors (Lipinski definition) is 6. The Labute approximate surface area is 148 Å². The van der Waals surface area contributed by atoms with Crippen molar-refractivity contribution < 1.29 is 23.4 Å². The lowest BCUT2D eigenvalue weighted by molar-refractivity contribution is -0.137. The number of hydrogen-bond donors (Lipinski definition) is 3. The fourth-order valence-electron chi connectivity index (χ4n) is 3.17. The van der Waals surface area contributed by atoms with E-state index in [1.165, 1.54) is 13.1 Å². The van der Waals surface area contributed by atoms with E-state index in [1.807, 2.05) is 0 Å². The van der Waals surface area contributed by atoms with Crippen molar-refractivity contribution in [2.45, 2.75) is 50.9 Å². The van der Waals surface area contributed by atoms with Gasteiger partial charge in [-0.2, -0.15) is 13.2 Å². The van der Waals surface area contributed by atoms with Crippen LogP contribution in [-0.4, -0.2) is 37.5 Å². The molecular formula is C17H19F3N4O2. The summed E-state index contributed by atoms with van der Waals surface area (Å²) in [6, 6.07) is 1.45. The van der Waals surface area contributed by atoms with Crippen LogP contribution in [-0.2, 0) is 6.18 Å². The molecule has 2 aromatic rings. The van der Waals surface area contributed by atoms with Crippen LogP contribution in [0.3, 0.4) is 0 Å². The van der Waals surface area contributed by atoms with Crippen LogP contribution in [0.15, 0.2) is 18.3 Å². The molecule has 1 aliphatic rings. The summed E-state index contributed by atoms with van der Waals surface area (Å²) in [6.45, 7) is 1.45. The van der Waals surface area contributed by atoms with E-state index in [-0.39, 0.29) is 28.8 Å². The summed E-state index contributed by atoms with van der Waals surface area (Å²) >= 11 is 0. The minimum Gasteiger partial charge on any atom is -0.507 e. The van der Waals surface area contributed by atoms with Gasteiger partial charge in [-0.3, -0.25) is 0 Å². The van der Waals surface area contributed by atoms with Crippen LogP contribution in [0, 0.1) is 6.92 Å². The van der Waals surface area contributed by atoms with E-state index in [0.29, 0.717) is 12.5 Å². The smallest absolute Gasteiger partial charge is 0.416 e. The lowest BCUT2D eigenvalue weighted by Gasteiger charge is -2.28. The van der Waals surface area contributed by atoms with Gasteiger partial charge < -0.3 is 15.5 Å². The molecule has 1 aliphatic carbocycles. The monoisotopic (exact) mass is 368 g/mol. The van der Waals surface area contributed by atoms with Crippen molar-refractivity contribution in [3.05, 3.63) is 29.5 Å². The largest absolute Gasteiger partial charge is 0.507 e. The summed E-state index contributed by atoms with van der Waals surface area (Å²) < 4.78 is 38.4. The first-order chi connectivity index (χ1) is 12.3. The third-order valence-corrected chi connectivity index (χ3v) is 4.50. The second-order valence-corrected chi connectivity index (χ2v) is 6.45. The Morgan fingerprint density at radius 1 is 1.15 bits per heavy atom. The number of benzene rings is 1. The van der Waals surface area contributed by atoms with Crippen molar-refractivity contribution in [1.29, 1.82) is 0 Å². The van der Waals surface area contributed by atoms with E-state index < -0.39 is 23.6 Å². The summed E-state index contributed by atoms with van der Waals surface area (Å²) in [6.07, 6.45) is -0.206. The number of rotatable bonds is 3. The average Bonchev–Trinajstić information content (AvgIpc) is 2.57. The number of aromatic hydroxyl groups is 1. The number of aliphatic hydroxyl groups excluding tert-OH is 1. The summed E-state index contributed by atoms with van der Waals surface area (Å²) in [5.41, 5.74) is -0.385. The maximum atomic E-state index is 12.8. The Hall–Kier alpha value is -2.42. The summed E-state index contributed by atoms with van der Waals surface area (Å²) in [5.74, 6) is -0.305. The Kier molecular flexibility index (Phi) is 4.99. The number of anilines is 1. The zero-order valence-corrected chi connectivity index (χ0v) is 14.1. The molecule has 26 heavy (non-hydrogen) atoms. The highest BCUT2D eigenvalue weighted by molar-refractivity contribution is 5.70. The molecule has 0 radical (unpaired) electrons. The fraction of sp³-hybridized carbons (Fsp3) is 0.471.